The first-order valence-corrected chi connectivity index (χ1v) is 11.2. The van der Waals surface area contributed by atoms with Crippen molar-refractivity contribution < 1.29 is 4.79 Å². The highest BCUT2D eigenvalue weighted by atomic mass is 32.2. The highest BCUT2D eigenvalue weighted by Gasteiger charge is 2.22. The van der Waals surface area contributed by atoms with Gasteiger partial charge in [0.15, 0.2) is 5.16 Å². The first-order chi connectivity index (χ1) is 14.6. The van der Waals surface area contributed by atoms with Crippen molar-refractivity contribution in [2.45, 2.75) is 44.3 Å². The molecule has 2 aromatic carbocycles. The number of anilines is 1. The standard InChI is InChI=1S/C24H25N3O2S/c1-17-10-12-19(13-11-17)25-22(28)16-27-23(29)20-8-5-9-21(20)26-24(27)30-15-14-18-6-3-2-4-7-18/h2-4,6-7,10-13H,5,8-9,14-16H2,1H3,(H,25,28). The SMILES string of the molecule is Cc1ccc(NC(=O)Cn2c(SCCc3ccccc3)nc3c(c2=O)CCC3)cc1. The average molecular weight is 420 g/mol. The lowest BCUT2D eigenvalue weighted by atomic mass is 10.2. The molecule has 1 aromatic heterocycles. The first-order valence-electron chi connectivity index (χ1n) is 10.3. The van der Waals surface area contributed by atoms with Gasteiger partial charge in [0.05, 0.1) is 5.69 Å². The highest BCUT2D eigenvalue weighted by Crippen LogP contribution is 2.22. The van der Waals surface area contributed by atoms with Crippen LogP contribution in [-0.2, 0) is 30.6 Å². The van der Waals surface area contributed by atoms with E-state index in [0.717, 1.165) is 53.9 Å². The van der Waals surface area contributed by atoms with Crippen molar-refractivity contribution in [3.05, 3.63) is 87.3 Å². The van der Waals surface area contributed by atoms with Gasteiger partial charge in [-0.05, 0) is 50.3 Å². The quantitative estimate of drug-likeness (QED) is 0.464. The summed E-state index contributed by atoms with van der Waals surface area (Å²) in [5.41, 5.74) is 4.70. The zero-order chi connectivity index (χ0) is 20.9. The number of nitrogens with one attached hydrogen (secondary N) is 1. The molecule has 0 saturated carbocycles. The van der Waals surface area contributed by atoms with Crippen LogP contribution in [0.25, 0.3) is 0 Å². The second kappa shape index (κ2) is 9.30. The molecule has 1 N–H and O–H groups in total. The van der Waals surface area contributed by atoms with Gasteiger partial charge in [0, 0.05) is 17.0 Å². The van der Waals surface area contributed by atoms with Gasteiger partial charge in [0.25, 0.3) is 5.56 Å². The Balaban J connectivity index is 1.52. The molecule has 30 heavy (non-hydrogen) atoms. The van der Waals surface area contributed by atoms with Gasteiger partial charge in [0.2, 0.25) is 5.91 Å². The number of carbonyl (C=O) groups is 1. The van der Waals surface area contributed by atoms with E-state index in [1.54, 1.807) is 16.3 Å². The molecule has 1 aliphatic carbocycles. The molecular weight excluding hydrogens is 394 g/mol. The van der Waals surface area contributed by atoms with Crippen molar-refractivity contribution in [1.82, 2.24) is 9.55 Å². The molecule has 0 bridgehead atoms. The summed E-state index contributed by atoms with van der Waals surface area (Å²) < 4.78 is 1.54. The van der Waals surface area contributed by atoms with Gasteiger partial charge in [0.1, 0.15) is 6.54 Å². The van der Waals surface area contributed by atoms with Gasteiger partial charge in [-0.2, -0.15) is 0 Å². The van der Waals surface area contributed by atoms with E-state index in [9.17, 15) is 9.59 Å². The van der Waals surface area contributed by atoms with Gasteiger partial charge < -0.3 is 5.32 Å². The number of amides is 1. The predicted molar refractivity (Wildman–Crippen MR) is 121 cm³/mol. The van der Waals surface area contributed by atoms with Crippen molar-refractivity contribution in [3.63, 3.8) is 0 Å². The van der Waals surface area contributed by atoms with Crippen molar-refractivity contribution in [3.8, 4) is 0 Å². The van der Waals surface area contributed by atoms with Crippen LogP contribution in [0.2, 0.25) is 0 Å². The van der Waals surface area contributed by atoms with E-state index in [2.05, 4.69) is 17.4 Å². The van der Waals surface area contributed by atoms with Crippen molar-refractivity contribution in [2.24, 2.45) is 0 Å². The van der Waals surface area contributed by atoms with Crippen LogP contribution < -0.4 is 10.9 Å². The largest absolute Gasteiger partial charge is 0.325 e. The number of thioether (sulfide) groups is 1. The number of nitrogens with zero attached hydrogens (tertiary/aromatic N) is 2. The Bertz CT molecular complexity index is 1090. The summed E-state index contributed by atoms with van der Waals surface area (Å²) >= 11 is 1.54. The molecule has 1 aliphatic rings. The second-order valence-electron chi connectivity index (χ2n) is 7.56. The molecule has 0 unspecified atom stereocenters. The van der Waals surface area contributed by atoms with Gasteiger partial charge in [-0.3, -0.25) is 14.2 Å². The maximum Gasteiger partial charge on any atom is 0.258 e. The summed E-state index contributed by atoms with van der Waals surface area (Å²) in [4.78, 5) is 30.5. The molecule has 0 fully saturated rings. The lowest BCUT2D eigenvalue weighted by Crippen LogP contribution is -2.32. The van der Waals surface area contributed by atoms with Gasteiger partial charge in [-0.25, -0.2) is 4.98 Å². The Morgan fingerprint density at radius 1 is 1.10 bits per heavy atom. The topological polar surface area (TPSA) is 64.0 Å². The number of rotatable bonds is 7. The van der Waals surface area contributed by atoms with E-state index in [-0.39, 0.29) is 18.0 Å². The summed E-state index contributed by atoms with van der Waals surface area (Å²) in [5.74, 6) is 0.583. The third-order valence-corrected chi connectivity index (χ3v) is 6.23. The third-order valence-electron chi connectivity index (χ3n) is 5.26. The Morgan fingerprint density at radius 3 is 2.63 bits per heavy atom. The van der Waals surface area contributed by atoms with Crippen molar-refractivity contribution in [1.29, 1.82) is 0 Å². The van der Waals surface area contributed by atoms with Crippen LogP contribution >= 0.6 is 11.8 Å². The molecule has 0 spiro atoms. The fourth-order valence-corrected chi connectivity index (χ4v) is 4.64. The smallest absolute Gasteiger partial charge is 0.258 e. The van der Waals surface area contributed by atoms with Crippen LogP contribution in [0, 0.1) is 6.92 Å². The number of hydrogen-bond acceptors (Lipinski definition) is 4. The van der Waals surface area contributed by atoms with E-state index in [4.69, 9.17) is 4.98 Å². The fourth-order valence-electron chi connectivity index (χ4n) is 3.64. The van der Waals surface area contributed by atoms with Crippen LogP contribution in [0.4, 0.5) is 5.69 Å². The monoisotopic (exact) mass is 419 g/mol. The number of carbonyl (C=O) groups excluding carboxylic acids is 1. The highest BCUT2D eigenvalue weighted by molar-refractivity contribution is 7.99. The minimum absolute atomic E-state index is 0.0271. The number of benzene rings is 2. The van der Waals surface area contributed by atoms with Crippen LogP contribution in [0.1, 0.15) is 28.8 Å². The fraction of sp³-hybridized carbons (Fsp3) is 0.292. The minimum atomic E-state index is -0.217. The second-order valence-corrected chi connectivity index (χ2v) is 8.62. The molecule has 0 atom stereocenters. The summed E-state index contributed by atoms with van der Waals surface area (Å²) in [5, 5.41) is 3.52. The molecule has 4 rings (SSSR count). The molecule has 5 nitrogen and oxygen atoms in total. The van der Waals surface area contributed by atoms with E-state index >= 15 is 0 Å². The van der Waals surface area contributed by atoms with Crippen LogP contribution in [-0.4, -0.2) is 21.2 Å². The van der Waals surface area contributed by atoms with E-state index in [1.807, 2.05) is 49.4 Å². The molecule has 1 amide bonds. The zero-order valence-electron chi connectivity index (χ0n) is 17.1. The van der Waals surface area contributed by atoms with Crippen molar-refractivity contribution >= 4 is 23.4 Å². The molecule has 0 radical (unpaired) electrons. The Labute approximate surface area is 180 Å². The van der Waals surface area contributed by atoms with Crippen LogP contribution in [0.15, 0.2) is 64.5 Å². The maximum absolute atomic E-state index is 13.1. The number of aryl methyl sites for hydroxylation is 3. The molecule has 1 heterocycles. The minimum Gasteiger partial charge on any atom is -0.325 e. The molecule has 0 aliphatic heterocycles. The normalized spacial score (nSPS) is 12.6. The lowest BCUT2D eigenvalue weighted by Gasteiger charge is -2.14. The Hall–Kier alpha value is -2.86. The Kier molecular flexibility index (Phi) is 6.33. The zero-order valence-corrected chi connectivity index (χ0v) is 17.9. The molecule has 154 valence electrons. The van der Waals surface area contributed by atoms with Crippen LogP contribution in [0.5, 0.6) is 0 Å². The summed E-state index contributed by atoms with van der Waals surface area (Å²) in [6.07, 6.45) is 3.42. The third kappa shape index (κ3) is 4.82. The van der Waals surface area contributed by atoms with Crippen molar-refractivity contribution in [2.75, 3.05) is 11.1 Å². The maximum atomic E-state index is 13.1. The number of fused-ring (bicyclic) bond motifs is 1. The van der Waals surface area contributed by atoms with Gasteiger partial charge >= 0.3 is 0 Å². The Morgan fingerprint density at radius 2 is 1.87 bits per heavy atom. The van der Waals surface area contributed by atoms with E-state index in [0.29, 0.717) is 5.16 Å². The van der Waals surface area contributed by atoms with Gasteiger partial charge in [-0.1, -0.05) is 59.8 Å². The van der Waals surface area contributed by atoms with Gasteiger partial charge in [-0.15, -0.1) is 0 Å². The molecule has 6 heteroatoms. The average Bonchev–Trinajstić information content (AvgIpc) is 3.22. The van der Waals surface area contributed by atoms with E-state index < -0.39 is 0 Å². The van der Waals surface area contributed by atoms with Crippen LogP contribution in [0.3, 0.4) is 0 Å². The molecule has 3 aromatic rings. The number of hydrogen-bond donors (Lipinski definition) is 1. The summed E-state index contributed by atoms with van der Waals surface area (Å²) in [6.45, 7) is 1.97. The first kappa shape index (κ1) is 20.4. The summed E-state index contributed by atoms with van der Waals surface area (Å²) in [6, 6.07) is 17.9. The van der Waals surface area contributed by atoms with E-state index in [1.165, 1.54) is 5.56 Å². The molecule has 0 saturated heterocycles. The lowest BCUT2D eigenvalue weighted by molar-refractivity contribution is -0.116. The number of aromatic nitrogens is 2. The summed E-state index contributed by atoms with van der Waals surface area (Å²) in [7, 11) is 0. The predicted octanol–water partition coefficient (Wildman–Crippen LogP) is 4.01. The molecular formula is C24H25N3O2S.